The minimum atomic E-state index is -0.0845. The number of hydrogen-bond donors (Lipinski definition) is 1. The van der Waals surface area contributed by atoms with Crippen molar-refractivity contribution in [1.82, 2.24) is 9.55 Å². The van der Waals surface area contributed by atoms with Crippen molar-refractivity contribution in [2.24, 2.45) is 7.05 Å². The van der Waals surface area contributed by atoms with E-state index >= 15 is 0 Å². The molecule has 0 unspecified atom stereocenters. The Kier molecular flexibility index (Phi) is 7.27. The van der Waals surface area contributed by atoms with E-state index in [1.54, 1.807) is 7.05 Å². The van der Waals surface area contributed by atoms with Crippen molar-refractivity contribution in [3.63, 3.8) is 0 Å². The summed E-state index contributed by atoms with van der Waals surface area (Å²) in [6.45, 7) is 0. The second kappa shape index (κ2) is 5.80. The van der Waals surface area contributed by atoms with Crippen molar-refractivity contribution in [3.8, 4) is 0 Å². The van der Waals surface area contributed by atoms with E-state index in [1.807, 2.05) is 0 Å². The minimum Gasteiger partial charge on any atom is -0.358 e. The van der Waals surface area contributed by atoms with Gasteiger partial charge in [-0.1, -0.05) is 0 Å². The van der Waals surface area contributed by atoms with Crippen LogP contribution in [0.4, 0.5) is 0 Å². The Labute approximate surface area is 95.7 Å². The third-order valence-corrected chi connectivity index (χ3v) is 1.46. The minimum absolute atomic E-state index is 0. The maximum atomic E-state index is 10.7. The van der Waals surface area contributed by atoms with Gasteiger partial charge in [0.2, 0.25) is 0 Å². The molecule has 1 aromatic heterocycles. The quantitative estimate of drug-likeness (QED) is 0.545. The van der Waals surface area contributed by atoms with Crippen LogP contribution < -0.4 is 5.56 Å². The summed E-state index contributed by atoms with van der Waals surface area (Å²) < 4.78 is 1.82. The van der Waals surface area contributed by atoms with E-state index in [0.29, 0.717) is 4.77 Å². The summed E-state index contributed by atoms with van der Waals surface area (Å²) in [5.41, 5.74) is -0.0845. The van der Waals surface area contributed by atoms with Crippen molar-refractivity contribution in [2.45, 2.75) is 0 Å². The fourth-order valence-corrected chi connectivity index (χ4v) is 0.651. The molecule has 5 heteroatoms. The zero-order chi connectivity index (χ0) is 6.85. The van der Waals surface area contributed by atoms with Crippen molar-refractivity contribution in [3.05, 3.63) is 34.8 Å². The van der Waals surface area contributed by atoms with Crippen LogP contribution in [0, 0.1) is 12.2 Å². The van der Waals surface area contributed by atoms with Crippen LogP contribution in [0.2, 0.25) is 0 Å². The Morgan fingerprint density at radius 2 is 2.18 bits per heavy atom. The van der Waals surface area contributed by atoms with Gasteiger partial charge in [-0.05, 0) is 12.2 Å². The fourth-order valence-electron chi connectivity index (χ4n) is 0.493. The predicted molar refractivity (Wildman–Crippen MR) is 43.3 cm³/mol. The number of nitrogens with zero attached hydrogens (tertiary/aromatic N) is 1. The Hall–Kier alpha value is 0.204. The number of nitrogens with one attached hydrogen (secondary N) is 1. The summed E-state index contributed by atoms with van der Waals surface area (Å²) in [5, 5.41) is 0. The van der Waals surface area contributed by atoms with Gasteiger partial charge in [-0.3, -0.25) is 9.36 Å². The Morgan fingerprint density at radius 1 is 1.64 bits per heavy atom. The van der Waals surface area contributed by atoms with E-state index in [-0.39, 0.29) is 45.7 Å². The van der Waals surface area contributed by atoms with Gasteiger partial charge in [-0.15, -0.1) is 0 Å². The van der Waals surface area contributed by atoms with Gasteiger partial charge < -0.3 is 12.4 Å². The Bertz CT molecular complexity index is 289. The topological polar surface area (TPSA) is 37.8 Å². The van der Waals surface area contributed by atoms with Crippen LogP contribution in [0.5, 0.6) is 0 Å². The molecule has 0 spiro atoms. The molecular weight excluding hydrogens is 237 g/mol. The molecule has 0 amide bonds. The maximum absolute atomic E-state index is 10.7. The molecule has 1 heterocycles. The molecule has 1 N–H and O–H groups in total. The molecule has 59 valence electrons. The summed E-state index contributed by atoms with van der Waals surface area (Å²) >= 11 is 4.75. The van der Waals surface area contributed by atoms with Crippen molar-refractivity contribution in [2.75, 3.05) is 0 Å². The van der Waals surface area contributed by atoms with E-state index in [2.05, 4.69) is 4.98 Å². The van der Waals surface area contributed by atoms with Crippen molar-refractivity contribution in [1.29, 1.82) is 0 Å². The summed E-state index contributed by atoms with van der Waals surface area (Å²) in [4.78, 5) is 13.4. The van der Waals surface area contributed by atoms with Gasteiger partial charge in [-0.2, -0.15) is 0 Å². The van der Waals surface area contributed by atoms with Crippen LogP contribution >= 0.6 is 12.2 Å². The van der Waals surface area contributed by atoms with E-state index in [9.17, 15) is 4.79 Å². The number of H-pyrrole nitrogens is 1. The first-order valence-corrected chi connectivity index (χ1v) is 2.87. The smallest absolute Gasteiger partial charge is 0.253 e. The molecule has 0 bridgehead atoms. The maximum Gasteiger partial charge on any atom is 0.253 e. The molecule has 1 aromatic rings. The molecule has 11 heavy (non-hydrogen) atoms. The van der Waals surface area contributed by atoms with Gasteiger partial charge in [0.05, 0.1) is 0 Å². The molecular formula is C6H9N2OSY-. The van der Waals surface area contributed by atoms with Crippen molar-refractivity contribution >= 4 is 12.2 Å². The van der Waals surface area contributed by atoms with E-state index in [0.717, 1.165) is 0 Å². The first kappa shape index (κ1) is 13.8. The van der Waals surface area contributed by atoms with Crippen LogP contribution in [0.15, 0.2) is 17.1 Å². The van der Waals surface area contributed by atoms with Gasteiger partial charge >= 0.3 is 0 Å². The Morgan fingerprint density at radius 3 is 2.55 bits per heavy atom. The van der Waals surface area contributed by atoms with Crippen LogP contribution in [0.3, 0.4) is 0 Å². The standard InChI is InChI=1S/C5H6N2OS.CH3.Y/c1-7-4(8)2-3-6-5(7)9;;/h2-3H,1H3,(H,6,9);1H3;/q;-1;. The second-order valence-corrected chi connectivity index (χ2v) is 2.07. The predicted octanol–water partition coefficient (Wildman–Crippen LogP) is 0.891. The zero-order valence-corrected chi connectivity index (χ0v) is 10.2. The third kappa shape index (κ3) is 3.40. The molecule has 1 rings (SSSR count). The largest absolute Gasteiger partial charge is 0.358 e. The molecule has 0 saturated carbocycles. The molecule has 1 radical (unpaired) electrons. The number of hydrogen-bond acceptors (Lipinski definition) is 2. The number of rotatable bonds is 0. The molecule has 3 nitrogen and oxygen atoms in total. The van der Waals surface area contributed by atoms with E-state index in [4.69, 9.17) is 12.2 Å². The number of aromatic nitrogens is 2. The summed E-state index contributed by atoms with van der Waals surface area (Å²) in [6.07, 6.45) is 1.53. The molecule has 0 aliphatic heterocycles. The average Bonchev–Trinajstić information content (AvgIpc) is 1.83. The fraction of sp³-hybridized carbons (Fsp3) is 0.167. The Balaban J connectivity index is 0. The van der Waals surface area contributed by atoms with Gasteiger partial charge in [0.15, 0.2) is 4.77 Å². The van der Waals surface area contributed by atoms with Crippen LogP contribution in [-0.2, 0) is 39.8 Å². The summed E-state index contributed by atoms with van der Waals surface area (Å²) in [6, 6.07) is 1.43. The molecule has 0 aromatic carbocycles. The molecule has 0 aliphatic rings. The van der Waals surface area contributed by atoms with Crippen molar-refractivity contribution < 1.29 is 32.7 Å². The normalized spacial score (nSPS) is 7.73. The first-order valence-electron chi connectivity index (χ1n) is 2.46. The van der Waals surface area contributed by atoms with Gasteiger partial charge in [0, 0.05) is 52.0 Å². The van der Waals surface area contributed by atoms with E-state index < -0.39 is 0 Å². The van der Waals surface area contributed by atoms with Crippen LogP contribution in [0.1, 0.15) is 0 Å². The average molecular weight is 246 g/mol. The van der Waals surface area contributed by atoms with Gasteiger partial charge in [-0.25, -0.2) is 0 Å². The molecule has 0 saturated heterocycles. The third-order valence-electron chi connectivity index (χ3n) is 1.07. The van der Waals surface area contributed by atoms with Crippen LogP contribution in [-0.4, -0.2) is 9.55 Å². The van der Waals surface area contributed by atoms with Crippen LogP contribution in [0.25, 0.3) is 0 Å². The summed E-state index contributed by atoms with van der Waals surface area (Å²) in [7, 11) is 1.63. The molecule has 0 fully saturated rings. The van der Waals surface area contributed by atoms with Gasteiger partial charge in [0.25, 0.3) is 5.56 Å². The second-order valence-electron chi connectivity index (χ2n) is 1.68. The molecule has 0 aliphatic carbocycles. The van der Waals surface area contributed by atoms with E-state index in [1.165, 1.54) is 16.8 Å². The SMILES string of the molecule is Cn1c(=O)cc[nH]c1=S.[CH3-].[Y]. The molecule has 0 atom stereocenters. The zero-order valence-electron chi connectivity index (χ0n) is 6.50. The first-order chi connectivity index (χ1) is 4.22. The summed E-state index contributed by atoms with van der Waals surface area (Å²) in [5.74, 6) is 0. The monoisotopic (exact) mass is 246 g/mol. The van der Waals surface area contributed by atoms with Gasteiger partial charge in [0.1, 0.15) is 0 Å². The number of aromatic amines is 1.